The number of nitrogens with one attached hydrogen (secondary N) is 1. The summed E-state index contributed by atoms with van der Waals surface area (Å²) in [5.74, 6) is 1.04. The molecule has 1 saturated heterocycles. The second-order valence-corrected chi connectivity index (χ2v) is 6.69. The molecule has 0 atom stereocenters. The van der Waals surface area contributed by atoms with Crippen molar-refractivity contribution in [2.45, 2.75) is 46.0 Å². The van der Waals surface area contributed by atoms with Gasteiger partial charge >= 0.3 is 0 Å². The number of allylic oxidation sites excluding steroid dienone is 1. The number of aromatic nitrogens is 1. The molecule has 1 aromatic rings. The summed E-state index contributed by atoms with van der Waals surface area (Å²) in [4.78, 5) is 19.3. The fourth-order valence-corrected chi connectivity index (χ4v) is 3.41. The Hall–Kier alpha value is -1.88. The van der Waals surface area contributed by atoms with E-state index in [1.54, 1.807) is 0 Å². The molecule has 0 bridgehead atoms. The lowest BCUT2D eigenvalue weighted by Crippen LogP contribution is -2.37. The molecule has 1 N–H and O–H groups in total. The van der Waals surface area contributed by atoms with Crippen LogP contribution in [0.4, 0.5) is 11.5 Å². The van der Waals surface area contributed by atoms with Crippen molar-refractivity contribution < 1.29 is 9.53 Å². The molecular formula is C19H27N3O2. The fraction of sp³-hybridized carbons (Fsp3) is 0.579. The van der Waals surface area contributed by atoms with Crippen molar-refractivity contribution in [3.8, 4) is 0 Å². The lowest BCUT2D eigenvalue weighted by molar-refractivity contribution is -0.115. The molecule has 130 valence electrons. The van der Waals surface area contributed by atoms with Gasteiger partial charge in [0.15, 0.2) is 0 Å². The van der Waals surface area contributed by atoms with E-state index in [-0.39, 0.29) is 5.91 Å². The number of ether oxygens (including phenoxy) is 1. The van der Waals surface area contributed by atoms with Crippen LogP contribution in [0.15, 0.2) is 17.7 Å². The van der Waals surface area contributed by atoms with E-state index in [0.717, 1.165) is 61.9 Å². The molecule has 5 heteroatoms. The summed E-state index contributed by atoms with van der Waals surface area (Å²) in [5, 5.41) is 3.07. The van der Waals surface area contributed by atoms with E-state index in [1.807, 2.05) is 13.8 Å². The van der Waals surface area contributed by atoms with Gasteiger partial charge in [0.25, 0.3) is 0 Å². The molecule has 0 aromatic carbocycles. The van der Waals surface area contributed by atoms with Gasteiger partial charge in [0.1, 0.15) is 5.82 Å². The Kier molecular flexibility index (Phi) is 5.51. The van der Waals surface area contributed by atoms with Crippen LogP contribution in [0.5, 0.6) is 0 Å². The summed E-state index contributed by atoms with van der Waals surface area (Å²) in [5.41, 5.74) is 4.07. The van der Waals surface area contributed by atoms with E-state index in [1.165, 1.54) is 18.4 Å². The number of aryl methyl sites for hydroxylation is 2. The molecule has 1 fully saturated rings. The van der Waals surface area contributed by atoms with Crippen molar-refractivity contribution >= 4 is 17.4 Å². The molecule has 5 nitrogen and oxygen atoms in total. The Balaban J connectivity index is 1.68. The first-order chi connectivity index (χ1) is 11.6. The molecule has 2 heterocycles. The molecule has 0 spiro atoms. The summed E-state index contributed by atoms with van der Waals surface area (Å²) < 4.78 is 5.40. The molecule has 24 heavy (non-hydrogen) atoms. The van der Waals surface area contributed by atoms with Gasteiger partial charge in [-0.1, -0.05) is 11.6 Å². The van der Waals surface area contributed by atoms with E-state index in [0.29, 0.717) is 6.42 Å². The number of carbonyl (C=O) groups is 1. The average Bonchev–Trinajstić information content (AvgIpc) is 2.59. The summed E-state index contributed by atoms with van der Waals surface area (Å²) in [6.07, 6.45) is 7.34. The summed E-state index contributed by atoms with van der Waals surface area (Å²) in [7, 11) is 0. The highest BCUT2D eigenvalue weighted by atomic mass is 16.5. The van der Waals surface area contributed by atoms with Crippen molar-refractivity contribution in [2.24, 2.45) is 0 Å². The van der Waals surface area contributed by atoms with Gasteiger partial charge in [-0.3, -0.25) is 4.79 Å². The van der Waals surface area contributed by atoms with E-state index in [2.05, 4.69) is 22.4 Å². The van der Waals surface area contributed by atoms with Crippen molar-refractivity contribution in [3.05, 3.63) is 29.0 Å². The number of rotatable bonds is 4. The van der Waals surface area contributed by atoms with Gasteiger partial charge in [-0.2, -0.15) is 0 Å². The lowest BCUT2D eigenvalue weighted by Gasteiger charge is -2.28. The van der Waals surface area contributed by atoms with Gasteiger partial charge < -0.3 is 15.0 Å². The van der Waals surface area contributed by atoms with Crippen LogP contribution in [0.2, 0.25) is 0 Å². The predicted octanol–water partition coefficient (Wildman–Crippen LogP) is 3.36. The molecule has 1 aliphatic heterocycles. The average molecular weight is 329 g/mol. The number of hydrogen-bond acceptors (Lipinski definition) is 4. The maximum atomic E-state index is 12.4. The fourth-order valence-electron chi connectivity index (χ4n) is 3.41. The van der Waals surface area contributed by atoms with Gasteiger partial charge in [-0.15, -0.1) is 0 Å². The summed E-state index contributed by atoms with van der Waals surface area (Å²) in [6, 6.07) is 2.06. The molecule has 0 radical (unpaired) electrons. The molecule has 2 aliphatic rings. The summed E-state index contributed by atoms with van der Waals surface area (Å²) >= 11 is 0. The second-order valence-electron chi connectivity index (χ2n) is 6.69. The van der Waals surface area contributed by atoms with E-state index < -0.39 is 0 Å². The normalized spacial score (nSPS) is 18.2. The molecule has 0 unspecified atom stereocenters. The second kappa shape index (κ2) is 7.79. The van der Waals surface area contributed by atoms with Gasteiger partial charge in [0.05, 0.1) is 24.6 Å². The quantitative estimate of drug-likeness (QED) is 0.861. The first kappa shape index (κ1) is 17.0. The molecular weight excluding hydrogens is 302 g/mol. The van der Waals surface area contributed by atoms with Gasteiger partial charge in [0, 0.05) is 19.5 Å². The molecule has 1 aliphatic carbocycles. The maximum absolute atomic E-state index is 12.4. The smallest absolute Gasteiger partial charge is 0.228 e. The minimum absolute atomic E-state index is 0.0651. The van der Waals surface area contributed by atoms with E-state index >= 15 is 0 Å². The van der Waals surface area contributed by atoms with Crippen LogP contribution < -0.4 is 10.2 Å². The Morgan fingerprint density at radius 3 is 2.75 bits per heavy atom. The predicted molar refractivity (Wildman–Crippen MR) is 96.5 cm³/mol. The summed E-state index contributed by atoms with van der Waals surface area (Å²) in [6.45, 7) is 7.22. The largest absolute Gasteiger partial charge is 0.378 e. The van der Waals surface area contributed by atoms with Crippen LogP contribution in [0, 0.1) is 13.8 Å². The van der Waals surface area contributed by atoms with Crippen molar-refractivity contribution in [1.82, 2.24) is 4.98 Å². The number of carbonyl (C=O) groups excluding carboxylic acids is 1. The third-order valence-corrected chi connectivity index (χ3v) is 4.76. The number of hydrogen-bond donors (Lipinski definition) is 1. The number of anilines is 2. The Labute approximate surface area is 144 Å². The van der Waals surface area contributed by atoms with Crippen LogP contribution in [-0.2, 0) is 9.53 Å². The first-order valence-electron chi connectivity index (χ1n) is 8.92. The number of pyridine rings is 1. The number of amides is 1. The van der Waals surface area contributed by atoms with Crippen LogP contribution in [0.3, 0.4) is 0 Å². The highest BCUT2D eigenvalue weighted by Crippen LogP contribution is 2.26. The van der Waals surface area contributed by atoms with Crippen LogP contribution >= 0.6 is 0 Å². The van der Waals surface area contributed by atoms with E-state index in [9.17, 15) is 4.79 Å². The van der Waals surface area contributed by atoms with Crippen molar-refractivity contribution in [1.29, 1.82) is 0 Å². The number of nitrogens with zero attached hydrogens (tertiary/aromatic N) is 2. The molecule has 0 saturated carbocycles. The third kappa shape index (κ3) is 4.15. The zero-order chi connectivity index (χ0) is 16.9. The lowest BCUT2D eigenvalue weighted by atomic mass is 9.97. The highest BCUT2D eigenvalue weighted by Gasteiger charge is 2.17. The minimum Gasteiger partial charge on any atom is -0.378 e. The van der Waals surface area contributed by atoms with Gasteiger partial charge in [0.2, 0.25) is 5.91 Å². The molecule has 1 amide bonds. The third-order valence-electron chi connectivity index (χ3n) is 4.76. The first-order valence-corrected chi connectivity index (χ1v) is 8.92. The van der Waals surface area contributed by atoms with Crippen LogP contribution in [-0.4, -0.2) is 37.2 Å². The molecule has 1 aromatic heterocycles. The van der Waals surface area contributed by atoms with E-state index in [4.69, 9.17) is 9.72 Å². The van der Waals surface area contributed by atoms with Crippen LogP contribution in [0.25, 0.3) is 0 Å². The zero-order valence-corrected chi connectivity index (χ0v) is 14.7. The topological polar surface area (TPSA) is 54.5 Å². The molecule has 3 rings (SSSR count). The monoisotopic (exact) mass is 329 g/mol. The maximum Gasteiger partial charge on any atom is 0.228 e. The zero-order valence-electron chi connectivity index (χ0n) is 14.7. The Bertz CT molecular complexity index is 610. The van der Waals surface area contributed by atoms with Crippen molar-refractivity contribution in [2.75, 3.05) is 36.5 Å². The van der Waals surface area contributed by atoms with Crippen molar-refractivity contribution in [3.63, 3.8) is 0 Å². The Morgan fingerprint density at radius 1 is 1.29 bits per heavy atom. The van der Waals surface area contributed by atoms with Gasteiger partial charge in [-0.25, -0.2) is 4.98 Å². The standard InChI is InChI=1S/C19H27N3O2/c1-14-12-17(22-8-10-24-11-9-22)20-15(2)19(14)21-18(23)13-16-6-4-3-5-7-16/h6,12H,3-5,7-11,13H2,1-2H3,(H,21,23). The highest BCUT2D eigenvalue weighted by molar-refractivity contribution is 5.93. The minimum atomic E-state index is 0.0651. The SMILES string of the molecule is Cc1cc(N2CCOCC2)nc(C)c1NC(=O)CC1=CCCCC1. The van der Waals surface area contributed by atoms with Crippen LogP contribution in [0.1, 0.15) is 43.4 Å². The Morgan fingerprint density at radius 2 is 2.08 bits per heavy atom. The number of morpholine rings is 1. The van der Waals surface area contributed by atoms with Gasteiger partial charge in [-0.05, 0) is 51.2 Å².